The molecule has 0 bridgehead atoms. The molecule has 3 rings (SSSR count). The largest absolute Gasteiger partial charge is 0.507 e. The SMILES string of the molecule is COc1cc(O)c(CC=C(C)C)c2c1C(=O)CC(c1ccc(C)s1)O2. The summed E-state index contributed by atoms with van der Waals surface area (Å²) >= 11 is 1.63. The smallest absolute Gasteiger partial charge is 0.174 e. The van der Waals surface area contributed by atoms with Crippen LogP contribution in [0, 0.1) is 6.92 Å². The van der Waals surface area contributed by atoms with Gasteiger partial charge in [0, 0.05) is 21.4 Å². The molecule has 1 aromatic carbocycles. The molecule has 0 spiro atoms. The monoisotopic (exact) mass is 358 g/mol. The Hall–Kier alpha value is -2.27. The number of thiophene rings is 1. The highest BCUT2D eigenvalue weighted by molar-refractivity contribution is 7.12. The van der Waals surface area contributed by atoms with Gasteiger partial charge in [-0.3, -0.25) is 4.79 Å². The molecule has 2 aromatic rings. The zero-order chi connectivity index (χ0) is 18.1. The van der Waals surface area contributed by atoms with Gasteiger partial charge in [0.2, 0.25) is 0 Å². The first-order chi connectivity index (χ1) is 11.9. The highest BCUT2D eigenvalue weighted by atomic mass is 32.1. The van der Waals surface area contributed by atoms with Gasteiger partial charge in [0.05, 0.1) is 13.5 Å². The second-order valence-electron chi connectivity index (χ2n) is 6.45. The van der Waals surface area contributed by atoms with E-state index in [-0.39, 0.29) is 24.1 Å². The van der Waals surface area contributed by atoms with Crippen LogP contribution < -0.4 is 9.47 Å². The molecule has 1 aliphatic rings. The van der Waals surface area contributed by atoms with Crippen molar-refractivity contribution in [3.05, 3.63) is 50.7 Å². The average molecular weight is 358 g/mol. The first kappa shape index (κ1) is 17.5. The third-order valence-corrected chi connectivity index (χ3v) is 5.34. The number of ether oxygens (including phenoxy) is 2. The molecule has 0 aliphatic carbocycles. The molecule has 1 N–H and O–H groups in total. The molecule has 0 saturated heterocycles. The fraction of sp³-hybridized carbons (Fsp3) is 0.350. The van der Waals surface area contributed by atoms with Crippen LogP contribution in [0.25, 0.3) is 0 Å². The van der Waals surface area contributed by atoms with Gasteiger partial charge in [0.15, 0.2) is 5.78 Å². The van der Waals surface area contributed by atoms with E-state index < -0.39 is 0 Å². The first-order valence-corrected chi connectivity index (χ1v) is 9.04. The minimum atomic E-state index is -0.323. The van der Waals surface area contributed by atoms with Gasteiger partial charge >= 0.3 is 0 Å². The van der Waals surface area contributed by atoms with Gasteiger partial charge < -0.3 is 14.6 Å². The summed E-state index contributed by atoms with van der Waals surface area (Å²) in [5.74, 6) is 0.873. The molecule has 1 unspecified atom stereocenters. The predicted molar refractivity (Wildman–Crippen MR) is 99.2 cm³/mol. The van der Waals surface area contributed by atoms with Gasteiger partial charge in [-0.2, -0.15) is 0 Å². The highest BCUT2D eigenvalue weighted by Crippen LogP contribution is 2.46. The topological polar surface area (TPSA) is 55.8 Å². The van der Waals surface area contributed by atoms with E-state index in [1.807, 2.05) is 39.0 Å². The Bertz CT molecular complexity index is 844. The maximum Gasteiger partial charge on any atom is 0.174 e. The highest BCUT2D eigenvalue weighted by Gasteiger charge is 2.34. The summed E-state index contributed by atoms with van der Waals surface area (Å²) < 4.78 is 11.5. The number of carbonyl (C=O) groups is 1. The number of carbonyl (C=O) groups excluding carboxylic acids is 1. The lowest BCUT2D eigenvalue weighted by Gasteiger charge is -2.28. The van der Waals surface area contributed by atoms with Crippen LogP contribution in [0.3, 0.4) is 0 Å². The average Bonchev–Trinajstić information content (AvgIpc) is 2.99. The number of aromatic hydroxyl groups is 1. The van der Waals surface area contributed by atoms with Crippen molar-refractivity contribution in [2.75, 3.05) is 7.11 Å². The number of phenols is 1. The molecule has 4 nitrogen and oxygen atoms in total. The van der Waals surface area contributed by atoms with Crippen molar-refractivity contribution in [3.63, 3.8) is 0 Å². The number of rotatable bonds is 4. The van der Waals surface area contributed by atoms with Gasteiger partial charge in [-0.05, 0) is 39.3 Å². The zero-order valence-corrected chi connectivity index (χ0v) is 15.7. The Balaban J connectivity index is 2.10. The lowest BCUT2D eigenvalue weighted by molar-refractivity contribution is 0.0846. The number of phenolic OH excluding ortho intramolecular Hbond substituents is 1. The van der Waals surface area contributed by atoms with Gasteiger partial charge in [0.25, 0.3) is 0 Å². The van der Waals surface area contributed by atoms with Crippen LogP contribution in [0.15, 0.2) is 29.8 Å². The molecule has 0 amide bonds. The second-order valence-corrected chi connectivity index (χ2v) is 7.77. The Morgan fingerprint density at radius 1 is 1.44 bits per heavy atom. The lowest BCUT2D eigenvalue weighted by atomic mass is 9.94. The number of ketones is 1. The number of methoxy groups -OCH3 is 1. The molecule has 1 atom stereocenters. The number of hydrogen-bond acceptors (Lipinski definition) is 5. The Morgan fingerprint density at radius 3 is 2.80 bits per heavy atom. The molecule has 5 heteroatoms. The Labute approximate surface area is 151 Å². The van der Waals surface area contributed by atoms with Gasteiger partial charge in [0.1, 0.15) is 28.9 Å². The van der Waals surface area contributed by atoms with Crippen LogP contribution >= 0.6 is 11.3 Å². The van der Waals surface area contributed by atoms with Crippen molar-refractivity contribution < 1.29 is 19.4 Å². The normalized spacial score (nSPS) is 16.2. The van der Waals surface area contributed by atoms with Crippen molar-refractivity contribution >= 4 is 17.1 Å². The summed E-state index contributed by atoms with van der Waals surface area (Å²) in [6, 6.07) is 5.53. The third-order valence-electron chi connectivity index (χ3n) is 4.25. The minimum absolute atomic E-state index is 0.0207. The number of aryl methyl sites for hydroxylation is 1. The Morgan fingerprint density at radius 2 is 2.20 bits per heavy atom. The van der Waals surface area contributed by atoms with E-state index in [1.165, 1.54) is 18.1 Å². The van der Waals surface area contributed by atoms with Gasteiger partial charge in [-0.1, -0.05) is 11.6 Å². The summed E-state index contributed by atoms with van der Waals surface area (Å²) in [4.78, 5) is 15.0. The Kier molecular flexibility index (Phi) is 4.86. The van der Waals surface area contributed by atoms with Crippen LogP contribution in [-0.2, 0) is 6.42 Å². The van der Waals surface area contributed by atoms with Crippen LogP contribution in [0.2, 0.25) is 0 Å². The second kappa shape index (κ2) is 6.92. The van der Waals surface area contributed by atoms with E-state index in [0.29, 0.717) is 29.0 Å². The number of Topliss-reactive ketones (excluding diaryl/α,β-unsaturated/α-hetero) is 1. The molecular formula is C20H22O4S. The molecule has 1 aliphatic heterocycles. The molecular weight excluding hydrogens is 336 g/mol. The fourth-order valence-electron chi connectivity index (χ4n) is 2.96. The third kappa shape index (κ3) is 3.42. The van der Waals surface area contributed by atoms with Crippen molar-refractivity contribution in [2.24, 2.45) is 0 Å². The van der Waals surface area contributed by atoms with E-state index in [2.05, 4.69) is 0 Å². The van der Waals surface area contributed by atoms with E-state index >= 15 is 0 Å². The summed E-state index contributed by atoms with van der Waals surface area (Å²) in [5, 5.41) is 10.4. The zero-order valence-electron chi connectivity index (χ0n) is 14.9. The van der Waals surface area contributed by atoms with Crippen molar-refractivity contribution in [1.29, 1.82) is 0 Å². The summed E-state index contributed by atoms with van der Waals surface area (Å²) in [6.45, 7) is 6.02. The lowest BCUT2D eigenvalue weighted by Crippen LogP contribution is -2.21. The molecule has 0 saturated carbocycles. The van der Waals surface area contributed by atoms with Crippen molar-refractivity contribution in [1.82, 2.24) is 0 Å². The van der Waals surface area contributed by atoms with E-state index in [4.69, 9.17) is 9.47 Å². The molecule has 0 fully saturated rings. The minimum Gasteiger partial charge on any atom is -0.507 e. The molecule has 132 valence electrons. The van der Waals surface area contributed by atoms with Crippen LogP contribution in [0.1, 0.15) is 52.0 Å². The summed E-state index contributed by atoms with van der Waals surface area (Å²) in [7, 11) is 1.49. The predicted octanol–water partition coefficient (Wildman–Crippen LogP) is 4.99. The molecule has 1 aromatic heterocycles. The van der Waals surface area contributed by atoms with Crippen LogP contribution in [0.5, 0.6) is 17.2 Å². The standard InChI is InChI=1S/C20H22O4S/c1-11(2)5-7-13-14(21)9-17(23-4)19-15(22)10-16(24-20(13)19)18-8-6-12(3)25-18/h5-6,8-9,16,21H,7,10H2,1-4H3. The van der Waals surface area contributed by atoms with Gasteiger partial charge in [-0.25, -0.2) is 0 Å². The molecule has 25 heavy (non-hydrogen) atoms. The summed E-state index contributed by atoms with van der Waals surface area (Å²) in [6.07, 6.45) is 2.46. The maximum atomic E-state index is 12.8. The van der Waals surface area contributed by atoms with E-state index in [0.717, 1.165) is 10.5 Å². The fourth-order valence-corrected chi connectivity index (χ4v) is 3.87. The van der Waals surface area contributed by atoms with Crippen molar-refractivity contribution in [2.45, 2.75) is 39.7 Å². The number of benzene rings is 1. The quantitative estimate of drug-likeness (QED) is 0.783. The molecule has 2 heterocycles. The number of hydrogen-bond donors (Lipinski definition) is 1. The van der Waals surface area contributed by atoms with Gasteiger partial charge in [-0.15, -0.1) is 11.3 Å². The number of fused-ring (bicyclic) bond motifs is 1. The maximum absolute atomic E-state index is 12.8. The molecule has 0 radical (unpaired) electrons. The van der Waals surface area contributed by atoms with E-state index in [1.54, 1.807) is 11.3 Å². The summed E-state index contributed by atoms with van der Waals surface area (Å²) in [5.41, 5.74) is 2.20. The van der Waals surface area contributed by atoms with Crippen molar-refractivity contribution in [3.8, 4) is 17.2 Å². The first-order valence-electron chi connectivity index (χ1n) is 8.23. The van der Waals surface area contributed by atoms with Crippen LogP contribution in [-0.4, -0.2) is 18.0 Å². The van der Waals surface area contributed by atoms with Crippen LogP contribution in [0.4, 0.5) is 0 Å². The number of allylic oxidation sites excluding steroid dienone is 2. The van der Waals surface area contributed by atoms with E-state index in [9.17, 15) is 9.90 Å².